The number of carbonyl (C=O) groups is 1. The highest BCUT2D eigenvalue weighted by Crippen LogP contribution is 2.34. The van der Waals surface area contributed by atoms with Crippen molar-refractivity contribution in [3.63, 3.8) is 0 Å². The molecule has 10 nitrogen and oxygen atoms in total. The van der Waals surface area contributed by atoms with E-state index in [9.17, 15) is 4.79 Å². The zero-order chi connectivity index (χ0) is 36.9. The Balaban J connectivity index is 0.980. The van der Waals surface area contributed by atoms with Crippen LogP contribution in [0.1, 0.15) is 66.7 Å². The predicted octanol–water partition coefficient (Wildman–Crippen LogP) is 7.45. The van der Waals surface area contributed by atoms with Crippen molar-refractivity contribution in [2.24, 2.45) is 0 Å². The van der Waals surface area contributed by atoms with Gasteiger partial charge in [-0.25, -0.2) is 9.97 Å². The van der Waals surface area contributed by atoms with Gasteiger partial charge in [-0.05, 0) is 83.3 Å². The Morgan fingerprint density at radius 2 is 1.40 bits per heavy atom. The van der Waals surface area contributed by atoms with Crippen LogP contribution in [0.2, 0.25) is 0 Å². The fourth-order valence-corrected chi connectivity index (χ4v) is 7.40. The number of H-pyrrole nitrogens is 2. The van der Waals surface area contributed by atoms with Gasteiger partial charge in [-0.3, -0.25) is 19.6 Å². The van der Waals surface area contributed by atoms with Crippen molar-refractivity contribution >= 4 is 5.91 Å². The molecule has 1 aliphatic heterocycles. The number of aromatic amines is 2. The number of nitrogens with zero attached hydrogens (tertiary/aromatic N) is 6. The second kappa shape index (κ2) is 16.1. The zero-order valence-electron chi connectivity index (χ0n) is 31.2. The molecule has 0 spiro atoms. The highest BCUT2D eigenvalue weighted by Gasteiger charge is 2.31. The van der Waals surface area contributed by atoms with Gasteiger partial charge in [0.05, 0.1) is 41.6 Å². The standard InChI is InChI=1S/C43H49N9O/c1-29(47-43(53)40(51(4)5)33-15-10-7-11-16-33)41-45-26-36(48-41)31-20-18-30(19-21-31)35-23-22-34(25-44-35)37-27-46-42(49-37)38-17-12-24-52(38)28-39(50(2)3)32-13-8-6-9-14-32/h6-11,13-16,18-23,25-27,29,38-40H,12,17,24,28H2,1-5H3,(H,45,48)(H,46,49)(H,47,53). The van der Waals surface area contributed by atoms with Crippen molar-refractivity contribution in [1.29, 1.82) is 0 Å². The summed E-state index contributed by atoms with van der Waals surface area (Å²) in [5.41, 5.74) is 8.08. The van der Waals surface area contributed by atoms with Crippen LogP contribution in [-0.4, -0.2) is 86.8 Å². The number of carbonyl (C=O) groups excluding carboxylic acids is 1. The summed E-state index contributed by atoms with van der Waals surface area (Å²) >= 11 is 0. The maximum absolute atomic E-state index is 13.3. The molecule has 53 heavy (non-hydrogen) atoms. The van der Waals surface area contributed by atoms with E-state index in [1.54, 1.807) is 0 Å². The summed E-state index contributed by atoms with van der Waals surface area (Å²) in [6, 6.07) is 32.9. The first-order valence-corrected chi connectivity index (χ1v) is 18.4. The average Bonchev–Trinajstić information content (AvgIpc) is 3.97. The van der Waals surface area contributed by atoms with Gasteiger partial charge < -0.3 is 20.2 Å². The number of likely N-dealkylation sites (tertiary alicyclic amines) is 1. The van der Waals surface area contributed by atoms with Crippen LogP contribution < -0.4 is 5.32 Å². The van der Waals surface area contributed by atoms with Crippen LogP contribution in [0, 0.1) is 0 Å². The molecule has 1 saturated heterocycles. The molecule has 1 amide bonds. The van der Waals surface area contributed by atoms with Crippen molar-refractivity contribution in [3.05, 3.63) is 138 Å². The maximum atomic E-state index is 13.3. The largest absolute Gasteiger partial charge is 0.345 e. The van der Waals surface area contributed by atoms with Crippen molar-refractivity contribution < 1.29 is 4.79 Å². The average molecular weight is 708 g/mol. The number of benzene rings is 3. The number of nitrogens with one attached hydrogen (secondary N) is 3. The molecular formula is C43H49N9O. The minimum absolute atomic E-state index is 0.0733. The summed E-state index contributed by atoms with van der Waals surface area (Å²) in [7, 11) is 8.14. The molecule has 10 heteroatoms. The Morgan fingerprint density at radius 3 is 2.06 bits per heavy atom. The van der Waals surface area contributed by atoms with Gasteiger partial charge in [0.25, 0.3) is 0 Å². The van der Waals surface area contributed by atoms with Gasteiger partial charge in [0.2, 0.25) is 5.91 Å². The Bertz CT molecular complexity index is 2070. The third-order valence-electron chi connectivity index (χ3n) is 10.3. The van der Waals surface area contributed by atoms with Crippen molar-refractivity contribution in [3.8, 4) is 33.8 Å². The fraction of sp³-hybridized carbons (Fsp3) is 0.302. The van der Waals surface area contributed by atoms with Crippen LogP contribution in [-0.2, 0) is 4.79 Å². The highest BCUT2D eigenvalue weighted by molar-refractivity contribution is 5.83. The molecule has 0 radical (unpaired) electrons. The SMILES string of the molecule is CC(NC(=O)C(c1ccccc1)N(C)C)c1ncc(-c2ccc(-c3ccc(-c4cnc(C5CCCN5CC(c5ccccc5)N(C)C)[nH]4)cn3)cc2)[nH]1. The summed E-state index contributed by atoms with van der Waals surface area (Å²) in [6.45, 7) is 3.97. The van der Waals surface area contributed by atoms with Crippen LogP contribution in [0.15, 0.2) is 116 Å². The Kier molecular flexibility index (Phi) is 10.9. The van der Waals surface area contributed by atoms with Gasteiger partial charge in [0.15, 0.2) is 0 Å². The van der Waals surface area contributed by atoms with Gasteiger partial charge in [-0.1, -0.05) is 84.9 Å². The molecular weight excluding hydrogens is 659 g/mol. The molecule has 1 aliphatic rings. The van der Waals surface area contributed by atoms with Crippen molar-refractivity contribution in [2.45, 2.75) is 43.9 Å². The topological polar surface area (TPSA) is 109 Å². The number of hydrogen-bond acceptors (Lipinski definition) is 7. The Morgan fingerprint density at radius 1 is 0.755 bits per heavy atom. The van der Waals surface area contributed by atoms with E-state index in [0.29, 0.717) is 11.9 Å². The summed E-state index contributed by atoms with van der Waals surface area (Å²) in [5, 5.41) is 3.13. The molecule has 3 aromatic carbocycles. The van der Waals surface area contributed by atoms with E-state index in [1.807, 2.05) is 74.8 Å². The van der Waals surface area contributed by atoms with E-state index >= 15 is 0 Å². The molecule has 4 unspecified atom stereocenters. The third-order valence-corrected chi connectivity index (χ3v) is 10.3. The van der Waals surface area contributed by atoms with Crippen LogP contribution >= 0.6 is 0 Å². The number of hydrogen-bond donors (Lipinski definition) is 3. The van der Waals surface area contributed by atoms with Crippen LogP contribution in [0.25, 0.3) is 33.8 Å². The molecule has 4 heterocycles. The first-order valence-electron chi connectivity index (χ1n) is 18.4. The second-order valence-electron chi connectivity index (χ2n) is 14.4. The molecule has 0 aliphatic carbocycles. The lowest BCUT2D eigenvalue weighted by atomic mass is 10.0. The van der Waals surface area contributed by atoms with E-state index in [0.717, 1.165) is 71.1 Å². The van der Waals surface area contributed by atoms with E-state index in [-0.39, 0.29) is 18.0 Å². The van der Waals surface area contributed by atoms with Gasteiger partial charge in [0, 0.05) is 29.9 Å². The first kappa shape index (κ1) is 36.0. The molecule has 0 bridgehead atoms. The number of aromatic nitrogens is 5. The Hall–Kier alpha value is -5.42. The quantitative estimate of drug-likeness (QED) is 0.114. The van der Waals surface area contributed by atoms with E-state index in [4.69, 9.17) is 9.97 Å². The van der Waals surface area contributed by atoms with E-state index in [1.165, 1.54) is 5.56 Å². The first-order chi connectivity index (χ1) is 25.7. The second-order valence-corrected chi connectivity index (χ2v) is 14.4. The Labute approximate surface area is 312 Å². The lowest BCUT2D eigenvalue weighted by molar-refractivity contribution is -0.126. The van der Waals surface area contributed by atoms with Crippen LogP contribution in [0.4, 0.5) is 0 Å². The normalized spacial score (nSPS) is 16.5. The lowest BCUT2D eigenvalue weighted by Crippen LogP contribution is -2.38. The van der Waals surface area contributed by atoms with Crippen LogP contribution in [0.5, 0.6) is 0 Å². The van der Waals surface area contributed by atoms with Gasteiger partial charge >= 0.3 is 0 Å². The van der Waals surface area contributed by atoms with Gasteiger partial charge in [0.1, 0.15) is 17.7 Å². The molecule has 7 rings (SSSR count). The zero-order valence-corrected chi connectivity index (χ0v) is 31.2. The van der Waals surface area contributed by atoms with E-state index in [2.05, 4.69) is 111 Å². The fourth-order valence-electron chi connectivity index (χ4n) is 7.40. The molecule has 4 atom stereocenters. The number of likely N-dealkylation sites (N-methyl/N-ethyl adjacent to an activating group) is 2. The van der Waals surface area contributed by atoms with Gasteiger partial charge in [-0.2, -0.15) is 0 Å². The minimum Gasteiger partial charge on any atom is -0.345 e. The number of rotatable bonds is 13. The monoisotopic (exact) mass is 707 g/mol. The van der Waals surface area contributed by atoms with E-state index < -0.39 is 6.04 Å². The van der Waals surface area contributed by atoms with Crippen LogP contribution in [0.3, 0.4) is 0 Å². The predicted molar refractivity (Wildman–Crippen MR) is 211 cm³/mol. The smallest absolute Gasteiger partial charge is 0.242 e. The van der Waals surface area contributed by atoms with Crippen molar-refractivity contribution in [1.82, 2.24) is 44.9 Å². The summed E-state index contributed by atoms with van der Waals surface area (Å²) in [6.07, 6.45) is 7.92. The van der Waals surface area contributed by atoms with Crippen molar-refractivity contribution in [2.75, 3.05) is 41.3 Å². The number of amides is 1. The summed E-state index contributed by atoms with van der Waals surface area (Å²) in [5.74, 6) is 1.65. The third kappa shape index (κ3) is 8.15. The molecule has 6 aromatic rings. The molecule has 3 N–H and O–H groups in total. The maximum Gasteiger partial charge on any atom is 0.242 e. The molecule has 0 saturated carbocycles. The van der Waals surface area contributed by atoms with Gasteiger partial charge in [-0.15, -0.1) is 0 Å². The lowest BCUT2D eigenvalue weighted by Gasteiger charge is -2.32. The highest BCUT2D eigenvalue weighted by atomic mass is 16.2. The molecule has 1 fully saturated rings. The number of pyridine rings is 1. The summed E-state index contributed by atoms with van der Waals surface area (Å²) < 4.78 is 0. The minimum atomic E-state index is -0.394. The molecule has 3 aromatic heterocycles. The summed E-state index contributed by atoms with van der Waals surface area (Å²) in [4.78, 5) is 41.4. The number of imidazole rings is 2. The molecule has 272 valence electrons.